The van der Waals surface area contributed by atoms with Crippen LogP contribution in [0.4, 0.5) is 4.79 Å². The van der Waals surface area contributed by atoms with E-state index >= 15 is 0 Å². The van der Waals surface area contributed by atoms with Crippen LogP contribution in [0, 0.1) is 6.92 Å². The molecular weight excluding hydrogens is 350 g/mol. The summed E-state index contributed by atoms with van der Waals surface area (Å²) in [4.78, 5) is 49.4. The summed E-state index contributed by atoms with van der Waals surface area (Å²) in [6.07, 6.45) is 0.750. The Labute approximate surface area is 158 Å². The van der Waals surface area contributed by atoms with Crippen LogP contribution < -0.4 is 10.6 Å². The summed E-state index contributed by atoms with van der Waals surface area (Å²) < 4.78 is 4.87. The van der Waals surface area contributed by atoms with Crippen LogP contribution in [0.25, 0.3) is 0 Å². The SMILES string of the molecule is CC[C@@H](C)NC(=O)COC(=O)CN1C(=O)N[C@](C)(c2ccc(C)cc2)C1=O. The van der Waals surface area contributed by atoms with Crippen LogP contribution in [0.2, 0.25) is 0 Å². The second kappa shape index (κ2) is 8.20. The number of aryl methyl sites for hydroxylation is 1. The van der Waals surface area contributed by atoms with E-state index in [1.807, 2.05) is 32.9 Å². The van der Waals surface area contributed by atoms with Crippen molar-refractivity contribution in [2.75, 3.05) is 13.2 Å². The van der Waals surface area contributed by atoms with Gasteiger partial charge in [0.05, 0.1) is 0 Å². The monoisotopic (exact) mass is 375 g/mol. The Kier molecular flexibility index (Phi) is 6.20. The smallest absolute Gasteiger partial charge is 0.326 e. The van der Waals surface area contributed by atoms with Gasteiger partial charge in [-0.05, 0) is 32.8 Å². The van der Waals surface area contributed by atoms with E-state index in [0.29, 0.717) is 5.56 Å². The van der Waals surface area contributed by atoms with Crippen molar-refractivity contribution in [1.29, 1.82) is 0 Å². The standard InChI is InChI=1S/C19H25N3O5/c1-5-13(3)20-15(23)11-27-16(24)10-22-17(25)19(4,21-18(22)26)14-8-6-12(2)7-9-14/h6-9,13H,5,10-11H2,1-4H3,(H,20,23)(H,21,26)/t13-,19-/m1/s1. The zero-order valence-electron chi connectivity index (χ0n) is 16.0. The van der Waals surface area contributed by atoms with E-state index in [9.17, 15) is 19.2 Å². The van der Waals surface area contributed by atoms with Crippen LogP contribution in [0.1, 0.15) is 38.3 Å². The van der Waals surface area contributed by atoms with Crippen LogP contribution >= 0.6 is 0 Å². The molecule has 1 saturated heterocycles. The van der Waals surface area contributed by atoms with Gasteiger partial charge in [-0.3, -0.25) is 19.3 Å². The zero-order valence-corrected chi connectivity index (χ0v) is 16.0. The van der Waals surface area contributed by atoms with Crippen molar-refractivity contribution in [2.45, 2.75) is 45.7 Å². The molecule has 2 N–H and O–H groups in total. The van der Waals surface area contributed by atoms with Gasteiger partial charge in [-0.25, -0.2) is 4.79 Å². The third-order valence-corrected chi connectivity index (χ3v) is 4.58. The van der Waals surface area contributed by atoms with Crippen molar-refractivity contribution >= 4 is 23.8 Å². The third kappa shape index (κ3) is 4.64. The zero-order chi connectivity index (χ0) is 20.2. The Hall–Kier alpha value is -2.90. The van der Waals surface area contributed by atoms with Gasteiger partial charge >= 0.3 is 12.0 Å². The van der Waals surface area contributed by atoms with E-state index < -0.39 is 42.5 Å². The Morgan fingerprint density at radius 1 is 1.26 bits per heavy atom. The summed E-state index contributed by atoms with van der Waals surface area (Å²) in [5.74, 6) is -1.80. The fourth-order valence-corrected chi connectivity index (χ4v) is 2.66. The minimum atomic E-state index is -1.25. The first kappa shape index (κ1) is 20.4. The summed E-state index contributed by atoms with van der Waals surface area (Å²) in [5.41, 5.74) is 0.393. The number of ether oxygens (including phenoxy) is 1. The van der Waals surface area contributed by atoms with E-state index in [-0.39, 0.29) is 6.04 Å². The highest BCUT2D eigenvalue weighted by Crippen LogP contribution is 2.28. The molecule has 1 aromatic carbocycles. The summed E-state index contributed by atoms with van der Waals surface area (Å²) in [5, 5.41) is 5.28. The van der Waals surface area contributed by atoms with E-state index in [0.717, 1.165) is 16.9 Å². The molecule has 2 rings (SSSR count). The number of urea groups is 1. The van der Waals surface area contributed by atoms with Crippen LogP contribution in [0.3, 0.4) is 0 Å². The van der Waals surface area contributed by atoms with Crippen molar-refractivity contribution < 1.29 is 23.9 Å². The molecule has 1 aromatic rings. The Bertz CT molecular complexity index is 746. The molecule has 0 aliphatic carbocycles. The number of amides is 4. The summed E-state index contributed by atoms with van der Waals surface area (Å²) >= 11 is 0. The predicted molar refractivity (Wildman–Crippen MR) is 97.6 cm³/mol. The van der Waals surface area contributed by atoms with Gasteiger partial charge in [0.2, 0.25) is 0 Å². The molecule has 0 aromatic heterocycles. The molecule has 8 nitrogen and oxygen atoms in total. The van der Waals surface area contributed by atoms with Gasteiger partial charge < -0.3 is 15.4 Å². The number of nitrogens with zero attached hydrogens (tertiary/aromatic N) is 1. The first-order chi connectivity index (χ1) is 12.7. The van der Waals surface area contributed by atoms with Crippen molar-refractivity contribution in [3.63, 3.8) is 0 Å². The molecule has 4 amide bonds. The van der Waals surface area contributed by atoms with Gasteiger partial charge in [0, 0.05) is 6.04 Å². The second-order valence-corrected chi connectivity index (χ2v) is 6.85. The maximum Gasteiger partial charge on any atom is 0.326 e. The molecule has 2 atom stereocenters. The molecule has 146 valence electrons. The largest absolute Gasteiger partial charge is 0.454 e. The minimum absolute atomic E-state index is 0.0302. The molecule has 8 heteroatoms. The Morgan fingerprint density at radius 2 is 1.89 bits per heavy atom. The minimum Gasteiger partial charge on any atom is -0.454 e. The van der Waals surface area contributed by atoms with Gasteiger partial charge in [0.1, 0.15) is 12.1 Å². The Morgan fingerprint density at radius 3 is 2.48 bits per heavy atom. The maximum atomic E-state index is 12.7. The van der Waals surface area contributed by atoms with Gasteiger partial charge in [-0.2, -0.15) is 0 Å². The number of rotatable bonds is 7. The van der Waals surface area contributed by atoms with Crippen molar-refractivity contribution in [3.05, 3.63) is 35.4 Å². The summed E-state index contributed by atoms with van der Waals surface area (Å²) in [6, 6.07) is 6.49. The van der Waals surface area contributed by atoms with Crippen LogP contribution in [-0.2, 0) is 24.7 Å². The van der Waals surface area contributed by atoms with Gasteiger partial charge in [0.15, 0.2) is 6.61 Å². The van der Waals surface area contributed by atoms with Crippen LogP contribution in [-0.4, -0.2) is 47.9 Å². The van der Waals surface area contributed by atoms with Gasteiger partial charge in [-0.1, -0.05) is 36.8 Å². The molecule has 0 unspecified atom stereocenters. The molecule has 1 aliphatic heterocycles. The van der Waals surface area contributed by atoms with Crippen LogP contribution in [0.5, 0.6) is 0 Å². The highest BCUT2D eigenvalue weighted by Gasteiger charge is 2.49. The molecule has 0 saturated carbocycles. The third-order valence-electron chi connectivity index (χ3n) is 4.58. The van der Waals surface area contributed by atoms with Crippen molar-refractivity contribution in [2.24, 2.45) is 0 Å². The molecule has 1 aliphatic rings. The van der Waals surface area contributed by atoms with E-state index in [1.165, 1.54) is 0 Å². The van der Waals surface area contributed by atoms with Crippen LogP contribution in [0.15, 0.2) is 24.3 Å². The number of carbonyl (C=O) groups excluding carboxylic acids is 4. The maximum absolute atomic E-state index is 12.7. The van der Waals surface area contributed by atoms with E-state index in [4.69, 9.17) is 4.74 Å². The van der Waals surface area contributed by atoms with Gasteiger partial charge in [0.25, 0.3) is 11.8 Å². The molecule has 27 heavy (non-hydrogen) atoms. The number of benzene rings is 1. The highest BCUT2D eigenvalue weighted by molar-refractivity contribution is 6.08. The number of nitrogens with one attached hydrogen (secondary N) is 2. The Balaban J connectivity index is 1.98. The summed E-state index contributed by atoms with van der Waals surface area (Å²) in [6.45, 7) is 6.24. The topological polar surface area (TPSA) is 105 Å². The number of hydrogen-bond donors (Lipinski definition) is 2. The fourth-order valence-electron chi connectivity index (χ4n) is 2.66. The van der Waals surface area contributed by atoms with E-state index in [1.54, 1.807) is 19.1 Å². The van der Waals surface area contributed by atoms with E-state index in [2.05, 4.69) is 10.6 Å². The van der Waals surface area contributed by atoms with Gasteiger partial charge in [-0.15, -0.1) is 0 Å². The molecule has 1 heterocycles. The first-order valence-electron chi connectivity index (χ1n) is 8.83. The first-order valence-corrected chi connectivity index (χ1v) is 8.83. The second-order valence-electron chi connectivity index (χ2n) is 6.85. The lowest BCUT2D eigenvalue weighted by atomic mass is 9.91. The normalized spacial score (nSPS) is 20.2. The predicted octanol–water partition coefficient (Wildman–Crippen LogP) is 1.22. The molecule has 0 bridgehead atoms. The molecule has 0 radical (unpaired) electrons. The molecule has 0 spiro atoms. The lowest BCUT2D eigenvalue weighted by molar-refractivity contribution is -0.151. The summed E-state index contributed by atoms with van der Waals surface area (Å²) in [7, 11) is 0. The number of carbonyl (C=O) groups is 4. The number of hydrogen-bond acceptors (Lipinski definition) is 5. The molecular formula is C19H25N3O5. The molecule has 1 fully saturated rings. The highest BCUT2D eigenvalue weighted by atomic mass is 16.5. The average molecular weight is 375 g/mol. The average Bonchev–Trinajstić information content (AvgIpc) is 2.84. The number of imide groups is 1. The number of esters is 1. The lowest BCUT2D eigenvalue weighted by Crippen LogP contribution is -2.42. The quantitative estimate of drug-likeness (QED) is 0.551. The fraction of sp³-hybridized carbons (Fsp3) is 0.474. The van der Waals surface area contributed by atoms with Crippen molar-refractivity contribution in [3.8, 4) is 0 Å². The van der Waals surface area contributed by atoms with Crippen molar-refractivity contribution in [1.82, 2.24) is 15.5 Å². The lowest BCUT2D eigenvalue weighted by Gasteiger charge is -2.22.